The van der Waals surface area contributed by atoms with Crippen LogP contribution in [0.25, 0.3) is 0 Å². The SMILES string of the molecule is C#CCN1C(=O)C2(NN=C(c3ccc(OC)cc3)S2)c2ccccc21. The fraction of sp³-hybridized carbons (Fsp3) is 0.158. The van der Waals surface area contributed by atoms with E-state index in [0.717, 1.165) is 27.6 Å². The van der Waals surface area contributed by atoms with Gasteiger partial charge in [0.05, 0.1) is 19.3 Å². The summed E-state index contributed by atoms with van der Waals surface area (Å²) in [5.41, 5.74) is 5.70. The summed E-state index contributed by atoms with van der Waals surface area (Å²) in [6, 6.07) is 15.3. The number of hydrogen-bond donors (Lipinski definition) is 1. The van der Waals surface area contributed by atoms with Gasteiger partial charge in [-0.15, -0.1) is 6.42 Å². The lowest BCUT2D eigenvalue weighted by Crippen LogP contribution is -2.44. The number of carbonyl (C=O) groups excluding carboxylic acids is 1. The van der Waals surface area contributed by atoms with E-state index < -0.39 is 4.87 Å². The summed E-state index contributed by atoms with van der Waals surface area (Å²) >= 11 is 1.41. The molecule has 0 saturated carbocycles. The van der Waals surface area contributed by atoms with Crippen molar-refractivity contribution in [2.75, 3.05) is 18.6 Å². The second-order valence-electron chi connectivity index (χ2n) is 5.65. The fourth-order valence-corrected chi connectivity index (χ4v) is 4.26. The number of benzene rings is 2. The van der Waals surface area contributed by atoms with Gasteiger partial charge in [-0.05, 0) is 30.3 Å². The maximum absolute atomic E-state index is 13.1. The number of nitrogens with zero attached hydrogens (tertiary/aromatic N) is 2. The van der Waals surface area contributed by atoms with E-state index in [2.05, 4.69) is 16.4 Å². The maximum atomic E-state index is 13.1. The molecule has 2 heterocycles. The van der Waals surface area contributed by atoms with Crippen LogP contribution in [0.5, 0.6) is 5.75 Å². The number of hydrazone groups is 1. The zero-order valence-electron chi connectivity index (χ0n) is 13.5. The van der Waals surface area contributed by atoms with Crippen LogP contribution < -0.4 is 15.1 Å². The first-order valence-electron chi connectivity index (χ1n) is 7.73. The molecule has 1 amide bonds. The monoisotopic (exact) mass is 349 g/mol. The van der Waals surface area contributed by atoms with E-state index in [-0.39, 0.29) is 12.5 Å². The van der Waals surface area contributed by atoms with Crippen molar-refractivity contribution in [1.82, 2.24) is 5.43 Å². The molecule has 1 spiro atoms. The smallest absolute Gasteiger partial charge is 0.270 e. The van der Waals surface area contributed by atoms with Gasteiger partial charge in [0.25, 0.3) is 5.91 Å². The highest BCUT2D eigenvalue weighted by atomic mass is 32.2. The molecule has 4 rings (SSSR count). The highest BCUT2D eigenvalue weighted by Gasteiger charge is 2.55. The standard InChI is InChI=1S/C19H15N3O2S/c1-3-12-22-16-7-5-4-6-15(16)19(18(22)23)21-20-17(25-19)13-8-10-14(24-2)11-9-13/h1,4-11,21H,12H2,2H3. The van der Waals surface area contributed by atoms with Crippen molar-refractivity contribution < 1.29 is 9.53 Å². The van der Waals surface area contributed by atoms with Gasteiger partial charge in [0.15, 0.2) is 0 Å². The normalized spacial score (nSPS) is 20.9. The molecule has 1 unspecified atom stereocenters. The number of amides is 1. The fourth-order valence-electron chi connectivity index (χ4n) is 3.05. The molecule has 0 radical (unpaired) electrons. The topological polar surface area (TPSA) is 53.9 Å². The Morgan fingerprint density at radius 2 is 2.04 bits per heavy atom. The molecule has 2 aliphatic rings. The Labute approximate surface area is 150 Å². The van der Waals surface area contributed by atoms with Gasteiger partial charge < -0.3 is 4.74 Å². The molecule has 25 heavy (non-hydrogen) atoms. The molecule has 2 aromatic rings. The molecule has 124 valence electrons. The largest absolute Gasteiger partial charge is 0.497 e. The Hall–Kier alpha value is -2.91. The third kappa shape index (κ3) is 2.28. The number of ether oxygens (including phenoxy) is 1. The zero-order valence-corrected chi connectivity index (χ0v) is 14.3. The number of hydrogen-bond acceptors (Lipinski definition) is 5. The van der Waals surface area contributed by atoms with E-state index >= 15 is 0 Å². The van der Waals surface area contributed by atoms with Crippen molar-refractivity contribution in [3.63, 3.8) is 0 Å². The van der Waals surface area contributed by atoms with Crippen molar-refractivity contribution in [2.24, 2.45) is 5.10 Å². The number of para-hydroxylation sites is 1. The van der Waals surface area contributed by atoms with E-state index in [1.54, 1.807) is 12.0 Å². The van der Waals surface area contributed by atoms with Crippen LogP contribution in [0.3, 0.4) is 0 Å². The summed E-state index contributed by atoms with van der Waals surface area (Å²) < 4.78 is 5.19. The second kappa shape index (κ2) is 5.87. The number of rotatable bonds is 3. The lowest BCUT2D eigenvalue weighted by Gasteiger charge is -2.21. The van der Waals surface area contributed by atoms with Gasteiger partial charge in [0.2, 0.25) is 4.87 Å². The number of terminal acetylenes is 1. The lowest BCUT2D eigenvalue weighted by molar-refractivity contribution is -0.120. The van der Waals surface area contributed by atoms with Gasteiger partial charge in [0.1, 0.15) is 10.8 Å². The van der Waals surface area contributed by atoms with Crippen LogP contribution in [0.2, 0.25) is 0 Å². The number of anilines is 1. The summed E-state index contributed by atoms with van der Waals surface area (Å²) in [5.74, 6) is 3.24. The Kier molecular flexibility index (Phi) is 3.66. The van der Waals surface area contributed by atoms with E-state index in [1.165, 1.54) is 11.8 Å². The van der Waals surface area contributed by atoms with Crippen LogP contribution >= 0.6 is 11.8 Å². The predicted octanol–water partition coefficient (Wildman–Crippen LogP) is 2.53. The summed E-state index contributed by atoms with van der Waals surface area (Å²) in [5, 5.41) is 5.19. The number of thioether (sulfide) groups is 1. The van der Waals surface area contributed by atoms with E-state index in [9.17, 15) is 4.79 Å². The molecule has 0 fully saturated rings. The zero-order chi connectivity index (χ0) is 17.4. The maximum Gasteiger partial charge on any atom is 0.270 e. The molecular weight excluding hydrogens is 334 g/mol. The molecule has 2 aromatic carbocycles. The summed E-state index contributed by atoms with van der Waals surface area (Å²) in [6.45, 7) is 0.234. The number of methoxy groups -OCH3 is 1. The molecule has 1 atom stereocenters. The minimum Gasteiger partial charge on any atom is -0.497 e. The molecule has 0 bridgehead atoms. The van der Waals surface area contributed by atoms with Crippen LogP contribution in [-0.2, 0) is 9.67 Å². The quantitative estimate of drug-likeness (QED) is 0.865. The molecule has 2 aliphatic heterocycles. The number of carbonyl (C=O) groups is 1. The van der Waals surface area contributed by atoms with E-state index in [1.807, 2.05) is 48.5 Å². The van der Waals surface area contributed by atoms with Crippen molar-refractivity contribution in [3.05, 3.63) is 59.7 Å². The van der Waals surface area contributed by atoms with Gasteiger partial charge in [0, 0.05) is 11.1 Å². The Bertz CT molecular complexity index is 917. The summed E-state index contributed by atoms with van der Waals surface area (Å²) in [7, 11) is 1.63. The number of nitrogens with one attached hydrogen (secondary N) is 1. The molecule has 1 N–H and O–H groups in total. The Morgan fingerprint density at radius 3 is 2.76 bits per heavy atom. The van der Waals surface area contributed by atoms with Gasteiger partial charge in [-0.3, -0.25) is 15.1 Å². The average Bonchev–Trinajstić information content (AvgIpc) is 3.20. The first-order chi connectivity index (χ1) is 12.2. The first-order valence-corrected chi connectivity index (χ1v) is 8.54. The third-order valence-corrected chi connectivity index (χ3v) is 5.58. The minimum absolute atomic E-state index is 0.0936. The van der Waals surface area contributed by atoms with Gasteiger partial charge in [-0.2, -0.15) is 5.10 Å². The molecule has 0 aliphatic carbocycles. The molecule has 6 heteroatoms. The lowest BCUT2D eigenvalue weighted by atomic mass is 10.1. The van der Waals surface area contributed by atoms with Gasteiger partial charge in [-0.1, -0.05) is 35.9 Å². The molecule has 0 aromatic heterocycles. The first kappa shape index (κ1) is 15.6. The highest BCUT2D eigenvalue weighted by Crippen LogP contribution is 2.50. The summed E-state index contributed by atoms with van der Waals surface area (Å²) in [4.78, 5) is 13.8. The molecular formula is C19H15N3O2S. The van der Waals surface area contributed by atoms with Crippen molar-refractivity contribution in [1.29, 1.82) is 0 Å². The predicted molar refractivity (Wildman–Crippen MR) is 99.6 cm³/mol. The van der Waals surface area contributed by atoms with Crippen LogP contribution in [0, 0.1) is 12.3 Å². The highest BCUT2D eigenvalue weighted by molar-refractivity contribution is 8.16. The Balaban J connectivity index is 1.70. The number of fused-ring (bicyclic) bond motifs is 2. The van der Waals surface area contributed by atoms with Crippen molar-refractivity contribution in [3.8, 4) is 18.1 Å². The van der Waals surface area contributed by atoms with Crippen LogP contribution in [0.15, 0.2) is 53.6 Å². The molecule has 0 saturated heterocycles. The summed E-state index contributed by atoms with van der Waals surface area (Å²) in [6.07, 6.45) is 5.45. The average molecular weight is 349 g/mol. The third-order valence-electron chi connectivity index (χ3n) is 4.27. The van der Waals surface area contributed by atoms with Gasteiger partial charge in [-0.25, -0.2) is 0 Å². The minimum atomic E-state index is -0.956. The van der Waals surface area contributed by atoms with Crippen LogP contribution in [0.1, 0.15) is 11.1 Å². The van der Waals surface area contributed by atoms with Crippen LogP contribution in [-0.4, -0.2) is 24.6 Å². The van der Waals surface area contributed by atoms with Gasteiger partial charge >= 0.3 is 0 Å². The second-order valence-corrected chi connectivity index (χ2v) is 6.86. The van der Waals surface area contributed by atoms with Crippen LogP contribution in [0.4, 0.5) is 5.69 Å². The van der Waals surface area contributed by atoms with Crippen molar-refractivity contribution in [2.45, 2.75) is 4.87 Å². The Morgan fingerprint density at radius 1 is 1.28 bits per heavy atom. The van der Waals surface area contributed by atoms with E-state index in [0.29, 0.717) is 0 Å². The van der Waals surface area contributed by atoms with E-state index in [4.69, 9.17) is 11.2 Å². The van der Waals surface area contributed by atoms with Crippen molar-refractivity contribution >= 4 is 28.4 Å². The molecule has 5 nitrogen and oxygen atoms in total.